The van der Waals surface area contributed by atoms with Crippen LogP contribution in [-0.4, -0.2) is 37.7 Å². The van der Waals surface area contributed by atoms with Crippen molar-refractivity contribution in [2.45, 2.75) is 31.3 Å². The molecule has 0 spiro atoms. The number of carbonyl (C=O) groups excluding carboxylic acids is 1. The second-order valence-corrected chi connectivity index (χ2v) is 5.49. The third-order valence-corrected chi connectivity index (χ3v) is 3.89. The van der Waals surface area contributed by atoms with Crippen molar-refractivity contribution in [3.63, 3.8) is 0 Å². The molecular weight excluding hydrogens is 268 g/mol. The van der Waals surface area contributed by atoms with Crippen molar-refractivity contribution >= 4 is 5.91 Å². The quantitative estimate of drug-likeness (QED) is 0.888. The van der Waals surface area contributed by atoms with E-state index in [2.05, 4.69) is 15.3 Å². The summed E-state index contributed by atoms with van der Waals surface area (Å²) in [4.78, 5) is 20.4. The lowest BCUT2D eigenvalue weighted by Gasteiger charge is -2.22. The lowest BCUT2D eigenvalue weighted by Crippen LogP contribution is -2.40. The molecule has 6 nitrogen and oxygen atoms in total. The Morgan fingerprint density at radius 3 is 2.90 bits per heavy atom. The summed E-state index contributed by atoms with van der Waals surface area (Å²) in [6.45, 7) is 0.300. The molecule has 6 heteroatoms. The Bertz CT molecular complexity index is 618. The predicted octanol–water partition coefficient (Wildman–Crippen LogP) is 1.30. The van der Waals surface area contributed by atoms with Crippen molar-refractivity contribution in [1.29, 1.82) is 0 Å². The van der Waals surface area contributed by atoms with Crippen molar-refractivity contribution in [2.75, 3.05) is 6.54 Å². The molecule has 0 radical (unpaired) electrons. The van der Waals surface area contributed by atoms with E-state index >= 15 is 0 Å². The first-order valence-corrected chi connectivity index (χ1v) is 7.11. The number of hydrogen-bond acceptors (Lipinski definition) is 4. The van der Waals surface area contributed by atoms with Gasteiger partial charge in [-0.2, -0.15) is 0 Å². The molecule has 1 amide bonds. The molecule has 0 aromatic carbocycles. The van der Waals surface area contributed by atoms with E-state index in [1.54, 1.807) is 41.6 Å². The molecule has 2 heterocycles. The van der Waals surface area contributed by atoms with Crippen LogP contribution in [0.1, 0.15) is 36.0 Å². The van der Waals surface area contributed by atoms with Gasteiger partial charge < -0.3 is 10.4 Å². The van der Waals surface area contributed by atoms with Gasteiger partial charge in [-0.05, 0) is 25.0 Å². The average molecular weight is 286 g/mol. The zero-order valence-corrected chi connectivity index (χ0v) is 11.7. The van der Waals surface area contributed by atoms with E-state index in [0.29, 0.717) is 17.9 Å². The van der Waals surface area contributed by atoms with Crippen LogP contribution < -0.4 is 5.32 Å². The lowest BCUT2D eigenvalue weighted by atomic mass is 10.0. The van der Waals surface area contributed by atoms with E-state index in [9.17, 15) is 9.90 Å². The second-order valence-electron chi connectivity index (χ2n) is 5.49. The summed E-state index contributed by atoms with van der Waals surface area (Å²) < 4.78 is 1.74. The van der Waals surface area contributed by atoms with Crippen LogP contribution in [0, 0.1) is 0 Å². The van der Waals surface area contributed by atoms with E-state index in [1.165, 1.54) is 0 Å². The van der Waals surface area contributed by atoms with Crippen LogP contribution in [0.3, 0.4) is 0 Å². The van der Waals surface area contributed by atoms with Gasteiger partial charge in [0.05, 0.1) is 5.60 Å². The minimum Gasteiger partial charge on any atom is -0.388 e. The first kappa shape index (κ1) is 13.8. The van der Waals surface area contributed by atoms with Gasteiger partial charge in [0.15, 0.2) is 0 Å². The van der Waals surface area contributed by atoms with Crippen molar-refractivity contribution in [1.82, 2.24) is 19.9 Å². The standard InChI is InChI=1S/C15H18N4O2/c20-14(18-10-15(21)4-1-2-5-15)12-3-6-17-13(9-12)19-8-7-16-11-19/h3,6-9,11,21H,1-2,4-5,10H2,(H,18,20). The molecule has 0 atom stereocenters. The Morgan fingerprint density at radius 2 is 2.19 bits per heavy atom. The molecule has 21 heavy (non-hydrogen) atoms. The summed E-state index contributed by atoms with van der Waals surface area (Å²) >= 11 is 0. The highest BCUT2D eigenvalue weighted by Gasteiger charge is 2.31. The SMILES string of the molecule is O=C(NCC1(O)CCCC1)c1ccnc(-n2ccnc2)c1. The van der Waals surface area contributed by atoms with Crippen LogP contribution in [0.15, 0.2) is 37.1 Å². The maximum absolute atomic E-state index is 12.2. The molecule has 110 valence electrons. The van der Waals surface area contributed by atoms with Crippen LogP contribution in [0.5, 0.6) is 0 Å². The Morgan fingerprint density at radius 1 is 1.38 bits per heavy atom. The number of pyridine rings is 1. The normalized spacial score (nSPS) is 16.8. The number of hydrogen-bond donors (Lipinski definition) is 2. The molecule has 0 aliphatic heterocycles. The Labute approximate surface area is 122 Å². The highest BCUT2D eigenvalue weighted by molar-refractivity contribution is 5.94. The highest BCUT2D eigenvalue weighted by Crippen LogP contribution is 2.28. The third-order valence-electron chi connectivity index (χ3n) is 3.89. The maximum Gasteiger partial charge on any atom is 0.251 e. The summed E-state index contributed by atoms with van der Waals surface area (Å²) in [5.41, 5.74) is -0.217. The minimum atomic E-state index is -0.740. The number of aromatic nitrogens is 3. The van der Waals surface area contributed by atoms with Gasteiger partial charge in [0.1, 0.15) is 12.1 Å². The van der Waals surface area contributed by atoms with Gasteiger partial charge in [-0.25, -0.2) is 9.97 Å². The summed E-state index contributed by atoms with van der Waals surface area (Å²) in [6.07, 6.45) is 10.2. The number of carbonyl (C=O) groups is 1. The van der Waals surface area contributed by atoms with Gasteiger partial charge in [-0.3, -0.25) is 9.36 Å². The molecular formula is C15H18N4O2. The zero-order valence-electron chi connectivity index (χ0n) is 11.7. The fraction of sp³-hybridized carbons (Fsp3) is 0.400. The Balaban J connectivity index is 1.69. The first-order valence-electron chi connectivity index (χ1n) is 7.11. The molecule has 2 aromatic rings. The van der Waals surface area contributed by atoms with Gasteiger partial charge in [0, 0.05) is 30.7 Å². The summed E-state index contributed by atoms with van der Waals surface area (Å²) in [6, 6.07) is 3.37. The van der Waals surface area contributed by atoms with Gasteiger partial charge in [0.25, 0.3) is 5.91 Å². The van der Waals surface area contributed by atoms with Crippen molar-refractivity contribution in [2.24, 2.45) is 0 Å². The molecule has 0 saturated heterocycles. The van der Waals surface area contributed by atoms with E-state index in [1.807, 2.05) is 0 Å². The van der Waals surface area contributed by atoms with Gasteiger partial charge in [-0.1, -0.05) is 12.8 Å². The maximum atomic E-state index is 12.2. The number of imidazole rings is 1. The molecule has 1 fully saturated rings. The number of nitrogens with zero attached hydrogens (tertiary/aromatic N) is 3. The van der Waals surface area contributed by atoms with E-state index in [0.717, 1.165) is 25.7 Å². The molecule has 0 unspecified atom stereocenters. The first-order chi connectivity index (χ1) is 10.2. The molecule has 1 aliphatic rings. The third kappa shape index (κ3) is 3.11. The average Bonchev–Trinajstić information content (AvgIpc) is 3.17. The summed E-state index contributed by atoms with van der Waals surface area (Å²) in [5, 5.41) is 13.1. The van der Waals surface area contributed by atoms with Crippen molar-refractivity contribution in [3.8, 4) is 5.82 Å². The molecule has 2 N–H and O–H groups in total. The number of aliphatic hydroxyl groups is 1. The molecule has 1 saturated carbocycles. The molecule has 0 bridgehead atoms. The smallest absolute Gasteiger partial charge is 0.251 e. The largest absolute Gasteiger partial charge is 0.388 e. The van der Waals surface area contributed by atoms with Crippen LogP contribution in [0.25, 0.3) is 5.82 Å². The number of nitrogens with one attached hydrogen (secondary N) is 1. The number of rotatable bonds is 4. The van der Waals surface area contributed by atoms with Crippen LogP contribution in [-0.2, 0) is 0 Å². The summed E-state index contributed by atoms with van der Waals surface area (Å²) in [7, 11) is 0. The van der Waals surface area contributed by atoms with E-state index in [-0.39, 0.29) is 5.91 Å². The van der Waals surface area contributed by atoms with Gasteiger partial charge >= 0.3 is 0 Å². The predicted molar refractivity (Wildman–Crippen MR) is 77.1 cm³/mol. The van der Waals surface area contributed by atoms with Gasteiger partial charge in [-0.15, -0.1) is 0 Å². The fourth-order valence-corrected chi connectivity index (χ4v) is 2.65. The monoisotopic (exact) mass is 286 g/mol. The van der Waals surface area contributed by atoms with Crippen LogP contribution in [0.2, 0.25) is 0 Å². The summed E-state index contributed by atoms with van der Waals surface area (Å²) in [5.74, 6) is 0.443. The Hall–Kier alpha value is -2.21. The Kier molecular flexibility index (Phi) is 3.70. The second kappa shape index (κ2) is 5.65. The zero-order chi connectivity index (χ0) is 14.7. The van der Waals surface area contributed by atoms with E-state index < -0.39 is 5.60 Å². The molecule has 2 aromatic heterocycles. The fourth-order valence-electron chi connectivity index (χ4n) is 2.65. The van der Waals surface area contributed by atoms with Crippen molar-refractivity contribution in [3.05, 3.63) is 42.6 Å². The topological polar surface area (TPSA) is 80.0 Å². The number of amides is 1. The van der Waals surface area contributed by atoms with Gasteiger partial charge in [0.2, 0.25) is 0 Å². The van der Waals surface area contributed by atoms with E-state index in [4.69, 9.17) is 0 Å². The minimum absolute atomic E-state index is 0.195. The molecule has 3 rings (SSSR count). The van der Waals surface area contributed by atoms with Crippen LogP contribution >= 0.6 is 0 Å². The highest BCUT2D eigenvalue weighted by atomic mass is 16.3. The lowest BCUT2D eigenvalue weighted by molar-refractivity contribution is 0.0449. The van der Waals surface area contributed by atoms with Crippen LogP contribution in [0.4, 0.5) is 0 Å². The van der Waals surface area contributed by atoms with Crippen molar-refractivity contribution < 1.29 is 9.90 Å². The molecule has 1 aliphatic carbocycles.